The zero-order valence-corrected chi connectivity index (χ0v) is 16.4. The molecule has 0 atom stereocenters. The SMILES string of the molecule is COc1ccc(-c2cc(Cn3ccc(=O)n(-c4ccc(OC)cc4)c3=O)on2)cc1. The highest BCUT2D eigenvalue weighted by Crippen LogP contribution is 2.22. The summed E-state index contributed by atoms with van der Waals surface area (Å²) in [5.74, 6) is 1.87. The Kier molecular flexibility index (Phi) is 5.21. The van der Waals surface area contributed by atoms with Gasteiger partial charge in [0.2, 0.25) is 0 Å². The Labute approximate surface area is 171 Å². The molecule has 0 spiro atoms. The molecule has 8 heteroatoms. The molecule has 0 saturated carbocycles. The summed E-state index contributed by atoms with van der Waals surface area (Å²) in [7, 11) is 3.15. The van der Waals surface area contributed by atoms with Gasteiger partial charge < -0.3 is 14.0 Å². The first-order valence-corrected chi connectivity index (χ1v) is 9.16. The first-order chi connectivity index (χ1) is 14.6. The van der Waals surface area contributed by atoms with Crippen molar-refractivity contribution < 1.29 is 14.0 Å². The van der Waals surface area contributed by atoms with Gasteiger partial charge in [-0.15, -0.1) is 0 Å². The van der Waals surface area contributed by atoms with Crippen molar-refractivity contribution in [1.82, 2.24) is 14.3 Å². The standard InChI is InChI=1S/C22H19N3O5/c1-28-17-7-3-15(4-8-17)20-13-19(30-23-20)14-24-12-11-21(26)25(22(24)27)16-5-9-18(29-2)10-6-16/h3-13H,14H2,1-2H3. The Morgan fingerprint density at radius 3 is 2.17 bits per heavy atom. The van der Waals surface area contributed by atoms with Crippen LogP contribution < -0.4 is 20.7 Å². The molecule has 0 amide bonds. The second kappa shape index (κ2) is 8.12. The molecule has 0 aliphatic heterocycles. The average molecular weight is 405 g/mol. The highest BCUT2D eigenvalue weighted by atomic mass is 16.5. The van der Waals surface area contributed by atoms with Crippen LogP contribution in [-0.4, -0.2) is 28.5 Å². The second-order valence-electron chi connectivity index (χ2n) is 6.50. The summed E-state index contributed by atoms with van der Waals surface area (Å²) in [6.45, 7) is 0.137. The Morgan fingerprint density at radius 1 is 0.900 bits per heavy atom. The number of hydrogen-bond acceptors (Lipinski definition) is 6. The van der Waals surface area contributed by atoms with Gasteiger partial charge in [-0.25, -0.2) is 9.36 Å². The largest absolute Gasteiger partial charge is 0.497 e. The molecular formula is C22H19N3O5. The minimum absolute atomic E-state index is 0.137. The van der Waals surface area contributed by atoms with Crippen LogP contribution >= 0.6 is 0 Å². The molecule has 152 valence electrons. The lowest BCUT2D eigenvalue weighted by Crippen LogP contribution is -2.37. The molecule has 0 aliphatic rings. The van der Waals surface area contributed by atoms with Gasteiger partial charge in [-0.05, 0) is 48.5 Å². The third-order valence-corrected chi connectivity index (χ3v) is 4.66. The van der Waals surface area contributed by atoms with E-state index in [4.69, 9.17) is 14.0 Å². The third kappa shape index (κ3) is 3.75. The minimum atomic E-state index is -0.477. The Bertz CT molecular complexity index is 1270. The fourth-order valence-corrected chi connectivity index (χ4v) is 3.06. The lowest BCUT2D eigenvalue weighted by molar-refractivity contribution is 0.375. The van der Waals surface area contributed by atoms with E-state index < -0.39 is 11.2 Å². The average Bonchev–Trinajstić information content (AvgIpc) is 3.25. The molecule has 4 rings (SSSR count). The molecule has 0 unspecified atom stereocenters. The molecule has 0 saturated heterocycles. The highest BCUT2D eigenvalue weighted by molar-refractivity contribution is 5.59. The summed E-state index contributed by atoms with van der Waals surface area (Å²) in [4.78, 5) is 25.2. The maximum atomic E-state index is 12.9. The molecule has 2 aromatic carbocycles. The van der Waals surface area contributed by atoms with E-state index in [-0.39, 0.29) is 6.54 Å². The van der Waals surface area contributed by atoms with Gasteiger partial charge in [-0.2, -0.15) is 0 Å². The van der Waals surface area contributed by atoms with Crippen LogP contribution in [0.1, 0.15) is 5.76 Å². The van der Waals surface area contributed by atoms with Crippen LogP contribution in [-0.2, 0) is 6.54 Å². The predicted octanol–water partition coefficient (Wildman–Crippen LogP) is 2.72. The van der Waals surface area contributed by atoms with Crippen molar-refractivity contribution in [2.45, 2.75) is 6.54 Å². The highest BCUT2D eigenvalue weighted by Gasteiger charge is 2.12. The number of hydrogen-bond donors (Lipinski definition) is 0. The monoisotopic (exact) mass is 405 g/mol. The van der Waals surface area contributed by atoms with E-state index >= 15 is 0 Å². The van der Waals surface area contributed by atoms with Gasteiger partial charge in [-0.1, -0.05) is 5.16 Å². The van der Waals surface area contributed by atoms with Gasteiger partial charge in [-0.3, -0.25) is 9.36 Å². The van der Waals surface area contributed by atoms with Crippen LogP contribution in [0.15, 0.2) is 81.0 Å². The van der Waals surface area contributed by atoms with Crippen molar-refractivity contribution in [3.05, 3.63) is 93.5 Å². The van der Waals surface area contributed by atoms with Gasteiger partial charge in [0.05, 0.1) is 26.5 Å². The summed E-state index contributed by atoms with van der Waals surface area (Å²) < 4.78 is 18.2. The summed E-state index contributed by atoms with van der Waals surface area (Å²) in [6, 6.07) is 17.2. The van der Waals surface area contributed by atoms with Crippen molar-refractivity contribution in [1.29, 1.82) is 0 Å². The number of ether oxygens (including phenoxy) is 2. The second-order valence-corrected chi connectivity index (χ2v) is 6.50. The van der Waals surface area contributed by atoms with Crippen LogP contribution in [0, 0.1) is 0 Å². The summed E-state index contributed by atoms with van der Waals surface area (Å²) in [5.41, 5.74) is 1.06. The van der Waals surface area contributed by atoms with Crippen molar-refractivity contribution in [2.75, 3.05) is 14.2 Å². The molecule has 0 radical (unpaired) electrons. The molecule has 8 nitrogen and oxygen atoms in total. The molecule has 2 heterocycles. The fourth-order valence-electron chi connectivity index (χ4n) is 3.06. The molecular weight excluding hydrogens is 386 g/mol. The molecule has 2 aromatic heterocycles. The Balaban J connectivity index is 1.63. The molecule has 30 heavy (non-hydrogen) atoms. The fraction of sp³-hybridized carbons (Fsp3) is 0.136. The van der Waals surface area contributed by atoms with E-state index in [0.717, 1.165) is 15.9 Å². The van der Waals surface area contributed by atoms with E-state index in [9.17, 15) is 9.59 Å². The van der Waals surface area contributed by atoms with Gasteiger partial charge in [0.15, 0.2) is 5.76 Å². The van der Waals surface area contributed by atoms with Gasteiger partial charge >= 0.3 is 5.69 Å². The molecule has 4 aromatic rings. The molecule has 0 N–H and O–H groups in total. The zero-order chi connectivity index (χ0) is 21.1. The van der Waals surface area contributed by atoms with E-state index in [2.05, 4.69) is 5.16 Å². The van der Waals surface area contributed by atoms with Crippen LogP contribution in [0.3, 0.4) is 0 Å². The number of aromatic nitrogens is 3. The van der Waals surface area contributed by atoms with E-state index in [1.165, 1.54) is 16.8 Å². The summed E-state index contributed by atoms with van der Waals surface area (Å²) in [5, 5.41) is 4.07. The topological polar surface area (TPSA) is 88.5 Å². The smallest absolute Gasteiger partial charge is 0.336 e. The number of rotatable bonds is 6. The van der Waals surface area contributed by atoms with Crippen LogP contribution in [0.25, 0.3) is 16.9 Å². The van der Waals surface area contributed by atoms with Gasteiger partial charge in [0, 0.05) is 23.9 Å². The third-order valence-electron chi connectivity index (χ3n) is 4.66. The lowest BCUT2D eigenvalue weighted by atomic mass is 10.1. The normalized spacial score (nSPS) is 10.7. The number of nitrogens with zero attached hydrogens (tertiary/aromatic N) is 3. The van der Waals surface area contributed by atoms with Crippen molar-refractivity contribution in [2.24, 2.45) is 0 Å². The first kappa shape index (κ1) is 19.3. The minimum Gasteiger partial charge on any atom is -0.497 e. The van der Waals surface area contributed by atoms with Crippen molar-refractivity contribution in [3.63, 3.8) is 0 Å². The molecule has 0 bridgehead atoms. The lowest BCUT2D eigenvalue weighted by Gasteiger charge is -2.09. The molecule has 0 aliphatic carbocycles. The van der Waals surface area contributed by atoms with E-state index in [1.54, 1.807) is 44.6 Å². The predicted molar refractivity (Wildman–Crippen MR) is 110 cm³/mol. The number of methoxy groups -OCH3 is 2. The van der Waals surface area contributed by atoms with Gasteiger partial charge in [0.1, 0.15) is 17.2 Å². The van der Waals surface area contributed by atoms with Crippen molar-refractivity contribution >= 4 is 0 Å². The zero-order valence-electron chi connectivity index (χ0n) is 16.4. The number of benzene rings is 2. The van der Waals surface area contributed by atoms with E-state index in [1.807, 2.05) is 24.3 Å². The maximum absolute atomic E-state index is 12.9. The van der Waals surface area contributed by atoms with Gasteiger partial charge in [0.25, 0.3) is 5.56 Å². The summed E-state index contributed by atoms with van der Waals surface area (Å²) in [6.07, 6.45) is 1.44. The Morgan fingerprint density at radius 2 is 1.53 bits per heavy atom. The maximum Gasteiger partial charge on any atom is 0.336 e. The van der Waals surface area contributed by atoms with E-state index in [0.29, 0.717) is 22.9 Å². The first-order valence-electron chi connectivity index (χ1n) is 9.16. The quantitative estimate of drug-likeness (QED) is 0.490. The van der Waals surface area contributed by atoms with Crippen LogP contribution in [0.4, 0.5) is 0 Å². The molecule has 0 fully saturated rings. The van der Waals surface area contributed by atoms with Crippen LogP contribution in [0.5, 0.6) is 11.5 Å². The van der Waals surface area contributed by atoms with Crippen LogP contribution in [0.2, 0.25) is 0 Å². The summed E-state index contributed by atoms with van der Waals surface area (Å²) >= 11 is 0. The Hall–Kier alpha value is -4.07. The van der Waals surface area contributed by atoms with Crippen molar-refractivity contribution in [3.8, 4) is 28.4 Å².